The number of nitrogens with two attached hydrogens (primary N) is 1. The van der Waals surface area contributed by atoms with Gasteiger partial charge in [0.05, 0.1) is 0 Å². The minimum absolute atomic E-state index is 0.780. The molecule has 2 unspecified atom stereocenters. The third kappa shape index (κ3) is 3.15. The van der Waals surface area contributed by atoms with Crippen molar-refractivity contribution in [1.82, 2.24) is 4.90 Å². The number of anilines is 1. The van der Waals surface area contributed by atoms with E-state index in [4.69, 9.17) is 5.73 Å². The number of hydrogen-bond donors (Lipinski definition) is 1. The van der Waals surface area contributed by atoms with Gasteiger partial charge in [-0.2, -0.15) is 0 Å². The molecule has 1 aromatic rings. The van der Waals surface area contributed by atoms with Crippen LogP contribution in [0.5, 0.6) is 0 Å². The van der Waals surface area contributed by atoms with Gasteiger partial charge in [0.2, 0.25) is 0 Å². The first-order chi connectivity index (χ1) is 9.86. The second-order valence-electron chi connectivity index (χ2n) is 6.31. The first-order valence-corrected chi connectivity index (χ1v) is 8.09. The fourth-order valence-electron chi connectivity index (χ4n) is 3.82. The van der Waals surface area contributed by atoms with Crippen molar-refractivity contribution >= 4 is 5.69 Å². The van der Waals surface area contributed by atoms with E-state index in [1.807, 2.05) is 0 Å². The summed E-state index contributed by atoms with van der Waals surface area (Å²) in [6.45, 7) is 6.86. The molecule has 0 radical (unpaired) electrons. The van der Waals surface area contributed by atoms with Crippen LogP contribution in [0.25, 0.3) is 0 Å². The molecule has 0 spiro atoms. The summed E-state index contributed by atoms with van der Waals surface area (Å²) in [5.74, 6) is 1.63. The molecule has 1 saturated heterocycles. The average molecular weight is 273 g/mol. The maximum Gasteiger partial charge on any atom is 0.0367 e. The van der Waals surface area contributed by atoms with E-state index in [2.05, 4.69) is 40.1 Å². The van der Waals surface area contributed by atoms with Gasteiger partial charge in [0.25, 0.3) is 0 Å². The van der Waals surface area contributed by atoms with Gasteiger partial charge in [-0.25, -0.2) is 0 Å². The molecule has 1 heterocycles. The van der Waals surface area contributed by atoms with Gasteiger partial charge in [0, 0.05) is 38.4 Å². The third-order valence-corrected chi connectivity index (χ3v) is 5.11. The average Bonchev–Trinajstić information content (AvgIpc) is 2.96. The van der Waals surface area contributed by atoms with Crippen molar-refractivity contribution in [3.63, 3.8) is 0 Å². The van der Waals surface area contributed by atoms with Crippen molar-refractivity contribution in [3.05, 3.63) is 30.3 Å². The van der Waals surface area contributed by atoms with E-state index in [0.717, 1.165) is 31.5 Å². The largest absolute Gasteiger partial charge is 0.369 e. The van der Waals surface area contributed by atoms with Gasteiger partial charge in [-0.05, 0) is 43.4 Å². The molecule has 0 aromatic heterocycles. The lowest BCUT2D eigenvalue weighted by atomic mass is 9.95. The minimum Gasteiger partial charge on any atom is -0.369 e. The standard InChI is InChI=1S/C17H27N3/c18-13-15-5-4-6-16(15)14-19-9-11-20(12-10-19)17-7-2-1-3-8-17/h1-3,7-8,15-16H,4-6,9-14,18H2. The van der Waals surface area contributed by atoms with Gasteiger partial charge in [-0.15, -0.1) is 0 Å². The molecule has 2 atom stereocenters. The lowest BCUT2D eigenvalue weighted by molar-refractivity contribution is 0.197. The van der Waals surface area contributed by atoms with E-state index in [1.165, 1.54) is 44.6 Å². The first-order valence-electron chi connectivity index (χ1n) is 8.09. The molecule has 1 aromatic carbocycles. The van der Waals surface area contributed by atoms with Crippen LogP contribution in [-0.2, 0) is 0 Å². The fraction of sp³-hybridized carbons (Fsp3) is 0.647. The zero-order chi connectivity index (χ0) is 13.8. The summed E-state index contributed by atoms with van der Waals surface area (Å²) in [5.41, 5.74) is 7.27. The van der Waals surface area contributed by atoms with Crippen LogP contribution in [0.3, 0.4) is 0 Å². The van der Waals surface area contributed by atoms with Crippen molar-refractivity contribution in [2.75, 3.05) is 44.2 Å². The van der Waals surface area contributed by atoms with Crippen LogP contribution >= 0.6 is 0 Å². The fourth-order valence-corrected chi connectivity index (χ4v) is 3.82. The third-order valence-electron chi connectivity index (χ3n) is 5.11. The van der Waals surface area contributed by atoms with Crippen LogP contribution in [0.4, 0.5) is 5.69 Å². The van der Waals surface area contributed by atoms with Crippen molar-refractivity contribution in [3.8, 4) is 0 Å². The number of piperazine rings is 1. The van der Waals surface area contributed by atoms with E-state index < -0.39 is 0 Å². The monoisotopic (exact) mass is 273 g/mol. The van der Waals surface area contributed by atoms with Crippen molar-refractivity contribution in [2.45, 2.75) is 19.3 Å². The lowest BCUT2D eigenvalue weighted by Gasteiger charge is -2.38. The smallest absolute Gasteiger partial charge is 0.0367 e. The van der Waals surface area contributed by atoms with E-state index in [0.29, 0.717) is 0 Å². The summed E-state index contributed by atoms with van der Waals surface area (Å²) in [4.78, 5) is 5.16. The Morgan fingerprint density at radius 2 is 1.65 bits per heavy atom. The molecule has 0 amide bonds. The van der Waals surface area contributed by atoms with Gasteiger partial charge >= 0.3 is 0 Å². The lowest BCUT2D eigenvalue weighted by Crippen LogP contribution is -2.48. The van der Waals surface area contributed by atoms with Crippen LogP contribution in [-0.4, -0.2) is 44.2 Å². The van der Waals surface area contributed by atoms with Crippen LogP contribution in [0, 0.1) is 11.8 Å². The molecule has 2 fully saturated rings. The van der Waals surface area contributed by atoms with Gasteiger partial charge in [0.15, 0.2) is 0 Å². The van der Waals surface area contributed by atoms with Crippen LogP contribution in [0.2, 0.25) is 0 Å². The molecular weight excluding hydrogens is 246 g/mol. The van der Waals surface area contributed by atoms with E-state index >= 15 is 0 Å². The second kappa shape index (κ2) is 6.59. The van der Waals surface area contributed by atoms with Crippen LogP contribution in [0.15, 0.2) is 30.3 Å². The van der Waals surface area contributed by atoms with Crippen molar-refractivity contribution in [2.24, 2.45) is 17.6 Å². The molecule has 110 valence electrons. The summed E-state index contributed by atoms with van der Waals surface area (Å²) in [6, 6.07) is 10.8. The molecule has 20 heavy (non-hydrogen) atoms. The summed E-state index contributed by atoms with van der Waals surface area (Å²) >= 11 is 0. The predicted octanol–water partition coefficient (Wildman–Crippen LogP) is 2.18. The Hall–Kier alpha value is -1.06. The zero-order valence-corrected chi connectivity index (χ0v) is 12.4. The SMILES string of the molecule is NCC1CCCC1CN1CCN(c2ccccc2)CC1. The highest BCUT2D eigenvalue weighted by Gasteiger charge is 2.28. The minimum atomic E-state index is 0.780. The molecule has 0 bridgehead atoms. The predicted molar refractivity (Wildman–Crippen MR) is 85.0 cm³/mol. The zero-order valence-electron chi connectivity index (χ0n) is 12.4. The van der Waals surface area contributed by atoms with E-state index in [-0.39, 0.29) is 0 Å². The van der Waals surface area contributed by atoms with Gasteiger partial charge in [0.1, 0.15) is 0 Å². The number of nitrogens with zero attached hydrogens (tertiary/aromatic N) is 2. The van der Waals surface area contributed by atoms with Crippen molar-refractivity contribution < 1.29 is 0 Å². The highest BCUT2D eigenvalue weighted by Crippen LogP contribution is 2.31. The molecule has 3 nitrogen and oxygen atoms in total. The summed E-state index contributed by atoms with van der Waals surface area (Å²) in [7, 11) is 0. The molecule has 1 aliphatic heterocycles. The van der Waals surface area contributed by atoms with Crippen molar-refractivity contribution in [1.29, 1.82) is 0 Å². The number of benzene rings is 1. The van der Waals surface area contributed by atoms with E-state index in [9.17, 15) is 0 Å². The van der Waals surface area contributed by atoms with Gasteiger partial charge < -0.3 is 10.6 Å². The Morgan fingerprint density at radius 3 is 2.35 bits per heavy atom. The number of para-hydroxylation sites is 1. The number of hydrogen-bond acceptors (Lipinski definition) is 3. The molecule has 1 aliphatic carbocycles. The molecule has 3 rings (SSSR count). The Labute approximate surface area is 122 Å². The quantitative estimate of drug-likeness (QED) is 0.912. The second-order valence-corrected chi connectivity index (χ2v) is 6.31. The summed E-state index contributed by atoms with van der Waals surface area (Å²) < 4.78 is 0. The maximum absolute atomic E-state index is 5.90. The maximum atomic E-state index is 5.90. The van der Waals surface area contributed by atoms with Gasteiger partial charge in [-0.1, -0.05) is 24.6 Å². The molecule has 2 N–H and O–H groups in total. The summed E-state index contributed by atoms with van der Waals surface area (Å²) in [5, 5.41) is 0. The molecule has 2 aliphatic rings. The Bertz CT molecular complexity index is 398. The Kier molecular flexibility index (Phi) is 4.58. The first kappa shape index (κ1) is 13.9. The topological polar surface area (TPSA) is 32.5 Å². The Morgan fingerprint density at radius 1 is 0.950 bits per heavy atom. The highest BCUT2D eigenvalue weighted by molar-refractivity contribution is 5.46. The number of rotatable bonds is 4. The van der Waals surface area contributed by atoms with E-state index in [1.54, 1.807) is 0 Å². The molecule has 1 saturated carbocycles. The van der Waals surface area contributed by atoms with Crippen LogP contribution in [0.1, 0.15) is 19.3 Å². The molecular formula is C17H27N3. The van der Waals surface area contributed by atoms with Crippen LogP contribution < -0.4 is 10.6 Å². The normalized spacial score (nSPS) is 27.9. The highest BCUT2D eigenvalue weighted by atomic mass is 15.3. The molecule has 3 heteroatoms. The summed E-state index contributed by atoms with van der Waals surface area (Å²) in [6.07, 6.45) is 4.13. The van der Waals surface area contributed by atoms with Gasteiger partial charge in [-0.3, -0.25) is 4.90 Å². The Balaban J connectivity index is 1.49.